The van der Waals surface area contributed by atoms with E-state index in [1.165, 1.54) is 19.2 Å². The molecule has 1 aromatic carbocycles. The number of benzene rings is 1. The lowest BCUT2D eigenvalue weighted by molar-refractivity contribution is 0.466. The molecule has 8 heteroatoms. The van der Waals surface area contributed by atoms with Crippen LogP contribution >= 0.6 is 0 Å². The van der Waals surface area contributed by atoms with E-state index in [1.54, 1.807) is 24.1 Å². The third-order valence-corrected chi connectivity index (χ3v) is 4.73. The van der Waals surface area contributed by atoms with Crippen molar-refractivity contribution in [1.82, 2.24) is 14.1 Å². The fourth-order valence-electron chi connectivity index (χ4n) is 1.81. The van der Waals surface area contributed by atoms with E-state index in [0.717, 1.165) is 15.9 Å². The molecule has 0 fully saturated rings. The number of halogens is 1. The number of hydrogen-bond donors (Lipinski definition) is 1. The molecule has 108 valence electrons. The van der Waals surface area contributed by atoms with Gasteiger partial charge in [-0.2, -0.15) is 9.40 Å². The van der Waals surface area contributed by atoms with Crippen molar-refractivity contribution in [1.29, 1.82) is 0 Å². The second-order valence-electron chi connectivity index (χ2n) is 4.43. The van der Waals surface area contributed by atoms with Crippen LogP contribution in [0, 0.1) is 5.82 Å². The summed E-state index contributed by atoms with van der Waals surface area (Å²) in [6.45, 7) is 0.131. The number of anilines is 1. The highest BCUT2D eigenvalue weighted by molar-refractivity contribution is 7.89. The van der Waals surface area contributed by atoms with Crippen LogP contribution in [0.4, 0.5) is 10.1 Å². The predicted octanol–water partition coefficient (Wildman–Crippen LogP) is 0.962. The Hall–Kier alpha value is -1.93. The minimum atomic E-state index is -3.85. The van der Waals surface area contributed by atoms with E-state index in [1.807, 2.05) is 0 Å². The van der Waals surface area contributed by atoms with Gasteiger partial charge in [0.05, 0.1) is 11.9 Å². The van der Waals surface area contributed by atoms with Gasteiger partial charge >= 0.3 is 0 Å². The number of aryl methyl sites for hydroxylation is 1. The minimum absolute atomic E-state index is 0.131. The van der Waals surface area contributed by atoms with Crippen LogP contribution in [0.1, 0.15) is 5.56 Å². The van der Waals surface area contributed by atoms with Crippen molar-refractivity contribution in [3.8, 4) is 0 Å². The molecule has 0 aliphatic rings. The summed E-state index contributed by atoms with van der Waals surface area (Å²) in [7, 11) is -0.702. The summed E-state index contributed by atoms with van der Waals surface area (Å²) < 4.78 is 40.8. The molecule has 0 spiro atoms. The van der Waals surface area contributed by atoms with E-state index < -0.39 is 15.8 Å². The largest absolute Gasteiger partial charge is 0.395 e. The van der Waals surface area contributed by atoms with Crippen molar-refractivity contribution in [3.05, 3.63) is 42.0 Å². The maximum atomic E-state index is 13.4. The molecular weight excluding hydrogens is 283 g/mol. The predicted molar refractivity (Wildman–Crippen MR) is 72.7 cm³/mol. The first-order valence-electron chi connectivity index (χ1n) is 5.80. The molecule has 0 saturated heterocycles. The third kappa shape index (κ3) is 2.66. The summed E-state index contributed by atoms with van der Waals surface area (Å²) in [6.07, 6.45) is 3.28. The molecule has 6 nitrogen and oxygen atoms in total. The van der Waals surface area contributed by atoms with Crippen molar-refractivity contribution >= 4 is 15.7 Å². The summed E-state index contributed by atoms with van der Waals surface area (Å²) >= 11 is 0. The Kier molecular flexibility index (Phi) is 3.78. The summed E-state index contributed by atoms with van der Waals surface area (Å²) in [6, 6.07) is 3.72. The SMILES string of the molecule is CN(Cc1cnn(C)c1)S(=O)(=O)c1cccc(F)c1N. The molecule has 2 rings (SSSR count). The Labute approximate surface area is 116 Å². The van der Waals surface area contributed by atoms with E-state index in [4.69, 9.17) is 5.73 Å². The van der Waals surface area contributed by atoms with Crippen molar-refractivity contribution < 1.29 is 12.8 Å². The van der Waals surface area contributed by atoms with Gasteiger partial charge in [0.1, 0.15) is 10.7 Å². The Bertz CT molecular complexity index is 727. The van der Waals surface area contributed by atoms with E-state index in [2.05, 4.69) is 5.10 Å². The smallest absolute Gasteiger partial charge is 0.245 e. The number of nitrogens with two attached hydrogens (primary N) is 1. The Morgan fingerprint density at radius 2 is 2.15 bits per heavy atom. The third-order valence-electron chi connectivity index (χ3n) is 2.86. The number of para-hydroxylation sites is 1. The lowest BCUT2D eigenvalue weighted by Crippen LogP contribution is -2.27. The Morgan fingerprint density at radius 1 is 1.45 bits per heavy atom. The first-order valence-corrected chi connectivity index (χ1v) is 7.24. The standard InChI is InChI=1S/C12H15FN4O2S/c1-16-7-9(6-15-16)8-17(2)20(18,19)11-5-3-4-10(13)12(11)14/h3-7H,8,14H2,1-2H3. The Morgan fingerprint density at radius 3 is 2.75 bits per heavy atom. The van der Waals surface area contributed by atoms with Crippen LogP contribution in [0.15, 0.2) is 35.5 Å². The van der Waals surface area contributed by atoms with E-state index >= 15 is 0 Å². The molecule has 0 saturated carbocycles. The molecule has 2 N–H and O–H groups in total. The highest BCUT2D eigenvalue weighted by Gasteiger charge is 2.25. The minimum Gasteiger partial charge on any atom is -0.395 e. The lowest BCUT2D eigenvalue weighted by Gasteiger charge is -2.17. The van der Waals surface area contributed by atoms with Gasteiger partial charge in [0.15, 0.2) is 0 Å². The van der Waals surface area contributed by atoms with Crippen LogP contribution in [0.2, 0.25) is 0 Å². The van der Waals surface area contributed by atoms with Gasteiger partial charge in [-0.25, -0.2) is 12.8 Å². The fourth-order valence-corrected chi connectivity index (χ4v) is 3.09. The van der Waals surface area contributed by atoms with Crippen molar-refractivity contribution in [3.63, 3.8) is 0 Å². The number of nitrogens with zero attached hydrogens (tertiary/aromatic N) is 3. The zero-order chi connectivity index (χ0) is 14.9. The van der Waals surface area contributed by atoms with Gasteiger partial charge < -0.3 is 5.73 Å². The van der Waals surface area contributed by atoms with Gasteiger partial charge in [-0.1, -0.05) is 6.07 Å². The highest BCUT2D eigenvalue weighted by Crippen LogP contribution is 2.24. The average Bonchev–Trinajstić information content (AvgIpc) is 2.78. The van der Waals surface area contributed by atoms with Crippen LogP contribution < -0.4 is 5.73 Å². The summed E-state index contributed by atoms with van der Waals surface area (Å²) in [4.78, 5) is -0.233. The zero-order valence-corrected chi connectivity index (χ0v) is 11.9. The lowest BCUT2D eigenvalue weighted by atomic mass is 10.3. The van der Waals surface area contributed by atoms with Gasteiger partial charge in [0.25, 0.3) is 0 Å². The molecule has 20 heavy (non-hydrogen) atoms. The number of hydrogen-bond acceptors (Lipinski definition) is 4. The van der Waals surface area contributed by atoms with Crippen molar-refractivity contribution in [2.45, 2.75) is 11.4 Å². The van der Waals surface area contributed by atoms with Crippen LogP contribution in [0.5, 0.6) is 0 Å². The second-order valence-corrected chi connectivity index (χ2v) is 6.45. The molecule has 1 heterocycles. The van der Waals surface area contributed by atoms with Gasteiger partial charge in [-0.05, 0) is 12.1 Å². The highest BCUT2D eigenvalue weighted by atomic mass is 32.2. The maximum absolute atomic E-state index is 13.4. The second kappa shape index (κ2) is 5.22. The molecule has 0 atom stereocenters. The first-order chi connectivity index (χ1) is 9.32. The quantitative estimate of drug-likeness (QED) is 0.853. The molecule has 0 unspecified atom stereocenters. The normalized spacial score (nSPS) is 12.0. The van der Waals surface area contributed by atoms with Crippen LogP contribution in [-0.4, -0.2) is 29.6 Å². The fraction of sp³-hybridized carbons (Fsp3) is 0.250. The monoisotopic (exact) mass is 298 g/mol. The van der Waals surface area contributed by atoms with Crippen molar-refractivity contribution in [2.75, 3.05) is 12.8 Å². The Balaban J connectivity index is 2.32. The number of sulfonamides is 1. The molecule has 0 amide bonds. The first kappa shape index (κ1) is 14.5. The van der Waals surface area contributed by atoms with Gasteiger partial charge in [0, 0.05) is 32.4 Å². The average molecular weight is 298 g/mol. The van der Waals surface area contributed by atoms with Gasteiger partial charge in [0.2, 0.25) is 10.0 Å². The summed E-state index contributed by atoms with van der Waals surface area (Å²) in [5, 5.41) is 3.97. The van der Waals surface area contributed by atoms with Crippen LogP contribution in [0.3, 0.4) is 0 Å². The maximum Gasteiger partial charge on any atom is 0.245 e. The molecule has 1 aromatic heterocycles. The molecule has 0 radical (unpaired) electrons. The van der Waals surface area contributed by atoms with E-state index in [0.29, 0.717) is 0 Å². The molecule has 0 aliphatic carbocycles. The summed E-state index contributed by atoms with van der Waals surface area (Å²) in [5.74, 6) is -0.749. The van der Waals surface area contributed by atoms with Gasteiger partial charge in [-0.3, -0.25) is 4.68 Å². The van der Waals surface area contributed by atoms with E-state index in [9.17, 15) is 12.8 Å². The molecule has 0 bridgehead atoms. The molecule has 2 aromatic rings. The zero-order valence-electron chi connectivity index (χ0n) is 11.1. The molecular formula is C12H15FN4O2S. The van der Waals surface area contributed by atoms with Gasteiger partial charge in [-0.15, -0.1) is 0 Å². The molecule has 0 aliphatic heterocycles. The number of aromatic nitrogens is 2. The topological polar surface area (TPSA) is 81.2 Å². The van der Waals surface area contributed by atoms with Crippen molar-refractivity contribution in [2.24, 2.45) is 7.05 Å². The van der Waals surface area contributed by atoms with Crippen LogP contribution in [0.25, 0.3) is 0 Å². The summed E-state index contributed by atoms with van der Waals surface area (Å²) in [5.41, 5.74) is 5.87. The number of rotatable bonds is 4. The van der Waals surface area contributed by atoms with E-state index in [-0.39, 0.29) is 17.1 Å². The van der Waals surface area contributed by atoms with Crippen LogP contribution in [-0.2, 0) is 23.6 Å². The number of nitrogen functional groups attached to an aromatic ring is 1.